The predicted molar refractivity (Wildman–Crippen MR) is 87.6 cm³/mol. The Morgan fingerprint density at radius 3 is 2.06 bits per heavy atom. The summed E-state index contributed by atoms with van der Waals surface area (Å²) in [7, 11) is 0. The van der Waals surface area contributed by atoms with E-state index in [1.807, 2.05) is 18.2 Å². The molecule has 0 unspecified atom stereocenters. The van der Waals surface area contributed by atoms with Gasteiger partial charge < -0.3 is 35.1 Å². The van der Waals surface area contributed by atoms with Crippen molar-refractivity contribution in [2.45, 2.75) is 20.8 Å². The van der Waals surface area contributed by atoms with Crippen molar-refractivity contribution in [3.05, 3.63) is 29.3 Å². The van der Waals surface area contributed by atoms with Gasteiger partial charge in [-0.05, 0) is 32.9 Å². The zero-order chi connectivity index (χ0) is 14.0. The molecule has 0 saturated heterocycles. The molecule has 2 nitrogen and oxygen atoms in total. The number of halogens is 1. The van der Waals surface area contributed by atoms with Crippen LogP contribution in [0.25, 0.3) is 0 Å². The first kappa shape index (κ1) is 17.6. The highest BCUT2D eigenvalue weighted by Gasteiger charge is 1.94. The van der Waals surface area contributed by atoms with Crippen molar-refractivity contribution in [1.82, 2.24) is 0 Å². The molecule has 0 aromatic heterocycles. The topological polar surface area (TPSA) is 16.5 Å². The largest absolute Gasteiger partial charge is 0.411 e. The van der Waals surface area contributed by atoms with E-state index >= 15 is 0 Å². The van der Waals surface area contributed by atoms with Crippen LogP contribution in [0.4, 0.5) is 5.69 Å². The van der Waals surface area contributed by atoms with Crippen LogP contribution in [0.5, 0.6) is 0 Å². The molecule has 0 saturated carbocycles. The van der Waals surface area contributed by atoms with E-state index in [9.17, 15) is 0 Å². The number of nitrogens with one attached hydrogen (secondary N) is 2. The Balaban J connectivity index is 0.000000360. The van der Waals surface area contributed by atoms with Gasteiger partial charge >= 0.3 is 0 Å². The molecule has 0 radical (unpaired) electrons. The molecule has 0 spiro atoms. The second-order valence-electron chi connectivity index (χ2n) is 3.70. The number of anilines is 1. The summed E-state index contributed by atoms with van der Waals surface area (Å²) in [6.07, 6.45) is 0. The van der Waals surface area contributed by atoms with E-state index < -0.39 is 0 Å². The van der Waals surface area contributed by atoms with Crippen LogP contribution in [-0.2, 0) is 12.6 Å². The minimum Gasteiger partial charge on any atom is -0.411 e. The fraction of sp³-hybridized carbons (Fsp3) is 0.462. The summed E-state index contributed by atoms with van der Waals surface area (Å²) in [4.78, 5) is 1.68. The maximum Gasteiger partial charge on any atom is 0.0742 e. The summed E-state index contributed by atoms with van der Waals surface area (Å²) in [5, 5.41) is 3.41. The van der Waals surface area contributed by atoms with Crippen LogP contribution in [0, 0.1) is 0 Å². The Hall–Kier alpha value is -0.420. The quantitative estimate of drug-likeness (QED) is 0.657. The number of rotatable bonds is 4. The van der Waals surface area contributed by atoms with E-state index in [4.69, 9.17) is 11.6 Å². The summed E-state index contributed by atoms with van der Waals surface area (Å²) in [5.74, 6) is 0. The Morgan fingerprint density at radius 1 is 1.22 bits per heavy atom. The zero-order valence-electron chi connectivity index (χ0n) is 11.1. The Morgan fingerprint density at radius 2 is 1.72 bits per heavy atom. The third-order valence-corrected chi connectivity index (χ3v) is 3.14. The van der Waals surface area contributed by atoms with Gasteiger partial charge in [0.15, 0.2) is 0 Å². The third-order valence-electron chi connectivity index (χ3n) is 2.61. The van der Waals surface area contributed by atoms with E-state index in [0.717, 1.165) is 5.69 Å². The second-order valence-corrected chi connectivity index (χ2v) is 5.19. The van der Waals surface area contributed by atoms with Crippen LogP contribution in [0.15, 0.2) is 24.3 Å². The molecule has 18 heavy (non-hydrogen) atoms. The third kappa shape index (κ3) is 7.82. The van der Waals surface area contributed by atoms with Crippen LogP contribution in [0.3, 0.4) is 0 Å². The summed E-state index contributed by atoms with van der Waals surface area (Å²) >= 11 is 15.2. The highest BCUT2D eigenvalue weighted by atomic mass is 35.5. The summed E-state index contributed by atoms with van der Waals surface area (Å²) < 4.78 is 0.304. The zero-order valence-corrected chi connectivity index (χ0v) is 13.5. The molecule has 0 heterocycles. The van der Waals surface area contributed by atoms with Gasteiger partial charge in [-0.3, -0.25) is 0 Å². The Bertz CT molecular complexity index is 349. The monoisotopic (exact) mass is 304 g/mol. The van der Waals surface area contributed by atoms with Gasteiger partial charge in [0.2, 0.25) is 0 Å². The lowest BCUT2D eigenvalue weighted by molar-refractivity contribution is -0.894. The van der Waals surface area contributed by atoms with Gasteiger partial charge in [-0.25, -0.2) is 0 Å². The fourth-order valence-electron chi connectivity index (χ4n) is 1.42. The molecule has 0 amide bonds. The summed E-state index contributed by atoms with van der Waals surface area (Å²) in [6, 6.07) is 7.31. The average molecular weight is 305 g/mol. The number of thiocarbonyl (C=S) groups is 1. The molecule has 0 atom stereocenters. The molecule has 0 bridgehead atoms. The molecule has 2 N–H and O–H groups in total. The fourth-order valence-corrected chi connectivity index (χ4v) is 1.83. The van der Waals surface area contributed by atoms with Crippen molar-refractivity contribution in [2.24, 2.45) is 0 Å². The lowest BCUT2D eigenvalue weighted by Crippen LogP contribution is -3.11. The molecule has 0 aliphatic heterocycles. The van der Waals surface area contributed by atoms with E-state index in [1.54, 1.807) is 11.0 Å². The first-order valence-electron chi connectivity index (χ1n) is 6.11. The number of hydrogen-bond acceptors (Lipinski definition) is 2. The minimum atomic E-state index is 0.304. The smallest absolute Gasteiger partial charge is 0.0742 e. The van der Waals surface area contributed by atoms with Crippen molar-refractivity contribution < 1.29 is 4.90 Å². The van der Waals surface area contributed by atoms with E-state index in [0.29, 0.717) is 9.34 Å². The molecule has 1 rings (SSSR count). The second kappa shape index (κ2) is 10.5. The molecule has 1 aromatic carbocycles. The standard InChI is InChI=1S/C7H6ClNS2.C6H15N/c8-5-3-1-2-4-6(5)9-7(10)11;1-4-7(5-2)6-3/h1-4H,(H2,9,10,11);4-6H2,1-3H3. The van der Waals surface area contributed by atoms with E-state index in [1.165, 1.54) is 19.6 Å². The summed E-state index contributed by atoms with van der Waals surface area (Å²) in [5.41, 5.74) is 0.758. The minimum absolute atomic E-state index is 0.304. The normalized spacial score (nSPS) is 9.61. The highest BCUT2D eigenvalue weighted by Crippen LogP contribution is 2.19. The van der Waals surface area contributed by atoms with Gasteiger partial charge in [0.1, 0.15) is 0 Å². The van der Waals surface area contributed by atoms with Crippen molar-refractivity contribution in [2.75, 3.05) is 25.0 Å². The number of para-hydroxylation sites is 1. The number of quaternary nitrogens is 1. The Kier molecular flexibility index (Phi) is 10.3. The van der Waals surface area contributed by atoms with Crippen LogP contribution in [-0.4, -0.2) is 24.0 Å². The van der Waals surface area contributed by atoms with Gasteiger partial charge in [-0.15, -0.1) is 0 Å². The molecule has 5 heteroatoms. The lowest BCUT2D eigenvalue weighted by Gasteiger charge is -2.10. The Labute approximate surface area is 126 Å². The number of hydrogen-bond donors (Lipinski definition) is 2. The van der Waals surface area contributed by atoms with Crippen molar-refractivity contribution in [1.29, 1.82) is 0 Å². The maximum absolute atomic E-state index is 5.80. The van der Waals surface area contributed by atoms with Gasteiger partial charge in [0.05, 0.1) is 30.3 Å². The van der Waals surface area contributed by atoms with E-state index in [-0.39, 0.29) is 0 Å². The van der Waals surface area contributed by atoms with Gasteiger partial charge in [0, 0.05) is 0 Å². The first-order valence-corrected chi connectivity index (χ1v) is 7.30. The molecule has 102 valence electrons. The molecule has 0 aliphatic rings. The van der Waals surface area contributed by atoms with Crippen molar-refractivity contribution >= 4 is 46.5 Å². The van der Waals surface area contributed by atoms with Crippen LogP contribution in [0.2, 0.25) is 5.02 Å². The molecular weight excluding hydrogens is 284 g/mol. The van der Waals surface area contributed by atoms with E-state index in [2.05, 4.69) is 50.9 Å². The van der Waals surface area contributed by atoms with Crippen molar-refractivity contribution in [3.8, 4) is 0 Å². The van der Waals surface area contributed by atoms with Crippen molar-refractivity contribution in [3.63, 3.8) is 0 Å². The van der Waals surface area contributed by atoms with Crippen LogP contribution < -0.4 is 10.2 Å². The van der Waals surface area contributed by atoms with Crippen LogP contribution in [0.1, 0.15) is 20.8 Å². The molecular formula is C13H21ClN2S2. The maximum atomic E-state index is 5.80. The highest BCUT2D eigenvalue weighted by molar-refractivity contribution is 8.00. The first-order chi connectivity index (χ1) is 8.54. The predicted octanol–water partition coefficient (Wildman–Crippen LogP) is 2.51. The summed E-state index contributed by atoms with van der Waals surface area (Å²) in [6.45, 7) is 10.5. The average Bonchev–Trinajstić information content (AvgIpc) is 2.35. The van der Waals surface area contributed by atoms with Crippen LogP contribution >= 0.6 is 23.8 Å². The molecule has 0 fully saturated rings. The molecule has 1 aromatic rings. The SMILES string of the molecule is CC[NH+](CC)CC.S=C([S-])Nc1ccccc1Cl. The van der Waals surface area contributed by atoms with Gasteiger partial charge in [-0.1, -0.05) is 28.1 Å². The molecule has 0 aliphatic carbocycles. The number of benzene rings is 1. The van der Waals surface area contributed by atoms with Gasteiger partial charge in [-0.2, -0.15) is 0 Å². The lowest BCUT2D eigenvalue weighted by atomic mass is 10.3. The van der Waals surface area contributed by atoms with Gasteiger partial charge in [0.25, 0.3) is 0 Å².